The van der Waals surface area contributed by atoms with Crippen LogP contribution >= 0.6 is 24.0 Å². The number of guanidine groups is 1. The van der Waals surface area contributed by atoms with Gasteiger partial charge in [0, 0.05) is 45.3 Å². The molecule has 1 unspecified atom stereocenters. The predicted molar refractivity (Wildman–Crippen MR) is 132 cm³/mol. The van der Waals surface area contributed by atoms with Crippen LogP contribution in [0.2, 0.25) is 0 Å². The second kappa shape index (κ2) is 15.6. The van der Waals surface area contributed by atoms with Crippen LogP contribution in [0.3, 0.4) is 0 Å². The topological polar surface area (TPSA) is 86.3 Å². The molecule has 0 aromatic carbocycles. The summed E-state index contributed by atoms with van der Waals surface area (Å²) in [7, 11) is -3.13. The van der Waals surface area contributed by atoms with Gasteiger partial charge in [-0.2, -0.15) is 0 Å². The smallest absolute Gasteiger partial charge is 0.211 e. The molecule has 0 spiro atoms. The molecule has 1 rings (SSSR count). The monoisotopic (exact) mass is 547 g/mol. The highest BCUT2D eigenvalue weighted by Crippen LogP contribution is 2.14. The van der Waals surface area contributed by atoms with E-state index >= 15 is 0 Å². The summed E-state index contributed by atoms with van der Waals surface area (Å²) in [5, 5.41) is 6.63. The Morgan fingerprint density at radius 1 is 1.21 bits per heavy atom. The lowest BCUT2D eigenvalue weighted by Crippen LogP contribution is -2.46. The average molecular weight is 548 g/mol. The highest BCUT2D eigenvalue weighted by atomic mass is 127. The molecular weight excluding hydrogens is 505 g/mol. The number of aliphatic imine (C=N–C) groups is 1. The molecule has 0 amide bonds. The maximum Gasteiger partial charge on any atom is 0.211 e. The zero-order chi connectivity index (χ0) is 21.0. The third-order valence-electron chi connectivity index (χ3n) is 4.81. The third-order valence-corrected chi connectivity index (χ3v) is 6.19. The quantitative estimate of drug-likeness (QED) is 0.167. The van der Waals surface area contributed by atoms with Gasteiger partial charge in [0.1, 0.15) is 0 Å². The van der Waals surface area contributed by atoms with Crippen molar-refractivity contribution in [3.05, 3.63) is 0 Å². The molecule has 0 bridgehead atoms. The number of rotatable bonds is 12. The van der Waals surface area contributed by atoms with Crippen LogP contribution in [0, 0.1) is 5.92 Å². The molecule has 0 saturated carbocycles. The highest BCUT2D eigenvalue weighted by molar-refractivity contribution is 14.0. The summed E-state index contributed by atoms with van der Waals surface area (Å²) in [6, 6.07) is 0.417. The van der Waals surface area contributed by atoms with E-state index in [1.165, 1.54) is 10.6 Å². The van der Waals surface area contributed by atoms with E-state index in [9.17, 15) is 8.42 Å². The molecule has 0 aliphatic carbocycles. The van der Waals surface area contributed by atoms with Crippen molar-refractivity contribution in [1.82, 2.24) is 19.8 Å². The fourth-order valence-corrected chi connectivity index (χ4v) is 4.31. The van der Waals surface area contributed by atoms with Crippen molar-refractivity contribution in [1.29, 1.82) is 0 Å². The first kappa shape index (κ1) is 28.8. The molecule has 8 nitrogen and oxygen atoms in total. The van der Waals surface area contributed by atoms with Gasteiger partial charge in [0.15, 0.2) is 5.96 Å². The van der Waals surface area contributed by atoms with Crippen molar-refractivity contribution >= 4 is 40.0 Å². The number of hydrogen-bond donors (Lipinski definition) is 2. The second-order valence-corrected chi connectivity index (χ2v) is 9.67. The minimum absolute atomic E-state index is 0. The van der Waals surface area contributed by atoms with Crippen LogP contribution in [0.1, 0.15) is 40.5 Å². The molecule has 1 saturated heterocycles. The largest absolute Gasteiger partial charge is 0.379 e. The lowest BCUT2D eigenvalue weighted by Gasteiger charge is -2.34. The normalized spacial score (nSPS) is 17.3. The number of hydrogen-bond acceptors (Lipinski definition) is 5. The van der Waals surface area contributed by atoms with Crippen LogP contribution in [0.25, 0.3) is 0 Å². The molecule has 2 N–H and O–H groups in total. The molecule has 1 aliphatic rings. The fourth-order valence-electron chi connectivity index (χ4n) is 3.38. The van der Waals surface area contributed by atoms with Gasteiger partial charge in [0.25, 0.3) is 0 Å². The molecule has 174 valence electrons. The van der Waals surface area contributed by atoms with Gasteiger partial charge in [0.05, 0.1) is 26.0 Å². The minimum Gasteiger partial charge on any atom is -0.379 e. The summed E-state index contributed by atoms with van der Waals surface area (Å²) in [5.74, 6) is 1.42. The van der Waals surface area contributed by atoms with Crippen molar-refractivity contribution in [2.45, 2.75) is 46.6 Å². The Morgan fingerprint density at radius 3 is 2.38 bits per heavy atom. The summed E-state index contributed by atoms with van der Waals surface area (Å²) in [4.78, 5) is 7.30. The van der Waals surface area contributed by atoms with Crippen molar-refractivity contribution < 1.29 is 13.2 Å². The van der Waals surface area contributed by atoms with E-state index < -0.39 is 10.0 Å². The van der Waals surface area contributed by atoms with Crippen molar-refractivity contribution in [2.75, 3.05) is 65.3 Å². The first-order valence-corrected chi connectivity index (χ1v) is 12.4. The number of morpholine rings is 1. The van der Waals surface area contributed by atoms with E-state index in [1.54, 1.807) is 0 Å². The Kier molecular flexibility index (Phi) is 15.5. The Morgan fingerprint density at radius 2 is 1.86 bits per heavy atom. The van der Waals surface area contributed by atoms with Gasteiger partial charge in [0.2, 0.25) is 10.0 Å². The molecule has 1 fully saturated rings. The zero-order valence-corrected chi connectivity index (χ0v) is 22.0. The minimum atomic E-state index is -3.13. The standard InChI is InChI=1S/C19H41N5O3S.HI/c1-6-20-19(21-9-8-10-24(7-2)28(5,25)26)22-16-18(15-17(3)4)23-11-13-27-14-12-23;/h17-18H,6-16H2,1-5H3,(H2,20,21,22);1H. The fraction of sp³-hybridized carbons (Fsp3) is 0.947. The Bertz CT molecular complexity index is 554. The average Bonchev–Trinajstić information content (AvgIpc) is 2.64. The number of sulfonamides is 1. The molecular formula is C19H42IN5O3S. The summed E-state index contributed by atoms with van der Waals surface area (Å²) < 4.78 is 30.3. The first-order valence-electron chi connectivity index (χ1n) is 10.6. The zero-order valence-electron chi connectivity index (χ0n) is 18.8. The van der Waals surface area contributed by atoms with E-state index in [2.05, 4.69) is 29.4 Å². The van der Waals surface area contributed by atoms with Crippen LogP contribution in [-0.4, -0.2) is 94.9 Å². The van der Waals surface area contributed by atoms with E-state index in [-0.39, 0.29) is 24.0 Å². The summed E-state index contributed by atoms with van der Waals surface area (Å²) in [6.45, 7) is 15.2. The van der Waals surface area contributed by atoms with Gasteiger partial charge in [-0.05, 0) is 25.7 Å². The van der Waals surface area contributed by atoms with Crippen LogP contribution in [0.15, 0.2) is 4.99 Å². The van der Waals surface area contributed by atoms with Gasteiger partial charge in [-0.25, -0.2) is 12.7 Å². The van der Waals surface area contributed by atoms with Crippen LogP contribution in [-0.2, 0) is 14.8 Å². The number of nitrogens with one attached hydrogen (secondary N) is 2. The van der Waals surface area contributed by atoms with Crippen LogP contribution < -0.4 is 10.6 Å². The number of nitrogens with zero attached hydrogens (tertiary/aromatic N) is 3. The molecule has 1 heterocycles. The second-order valence-electron chi connectivity index (χ2n) is 7.69. The molecule has 1 atom stereocenters. The number of halogens is 1. The highest BCUT2D eigenvalue weighted by Gasteiger charge is 2.21. The summed E-state index contributed by atoms with van der Waals surface area (Å²) in [5.41, 5.74) is 0. The van der Waals surface area contributed by atoms with Gasteiger partial charge in [-0.15, -0.1) is 24.0 Å². The summed E-state index contributed by atoms with van der Waals surface area (Å²) in [6.07, 6.45) is 3.11. The van der Waals surface area contributed by atoms with Gasteiger partial charge in [-0.1, -0.05) is 20.8 Å². The van der Waals surface area contributed by atoms with Crippen molar-refractivity contribution in [3.63, 3.8) is 0 Å². The first-order chi connectivity index (χ1) is 13.3. The molecule has 0 radical (unpaired) electrons. The molecule has 10 heteroatoms. The Balaban J connectivity index is 0.00000784. The third kappa shape index (κ3) is 12.3. The Hall–Kier alpha value is -0.170. The SMILES string of the molecule is CCNC(=NCC(CC(C)C)N1CCOCC1)NCCCN(CC)S(C)(=O)=O.I. The Labute approximate surface area is 195 Å². The van der Waals surface area contributed by atoms with Crippen LogP contribution in [0.4, 0.5) is 0 Å². The lowest BCUT2D eigenvalue weighted by atomic mass is 10.0. The molecule has 29 heavy (non-hydrogen) atoms. The maximum absolute atomic E-state index is 11.7. The van der Waals surface area contributed by atoms with Crippen LogP contribution in [0.5, 0.6) is 0 Å². The lowest BCUT2D eigenvalue weighted by molar-refractivity contribution is 0.0143. The van der Waals surface area contributed by atoms with E-state index in [0.717, 1.165) is 58.2 Å². The van der Waals surface area contributed by atoms with E-state index in [0.29, 0.717) is 31.6 Å². The van der Waals surface area contributed by atoms with E-state index in [4.69, 9.17) is 9.73 Å². The van der Waals surface area contributed by atoms with Gasteiger partial charge < -0.3 is 15.4 Å². The van der Waals surface area contributed by atoms with Gasteiger partial charge >= 0.3 is 0 Å². The maximum atomic E-state index is 11.7. The number of ether oxygens (including phenoxy) is 1. The van der Waals surface area contributed by atoms with E-state index in [1.807, 2.05) is 13.8 Å². The predicted octanol–water partition coefficient (Wildman–Crippen LogP) is 1.58. The van der Waals surface area contributed by atoms with Gasteiger partial charge in [-0.3, -0.25) is 9.89 Å². The summed E-state index contributed by atoms with van der Waals surface area (Å²) >= 11 is 0. The van der Waals surface area contributed by atoms with Crippen molar-refractivity contribution in [3.8, 4) is 0 Å². The van der Waals surface area contributed by atoms with Crippen molar-refractivity contribution in [2.24, 2.45) is 10.9 Å². The molecule has 1 aliphatic heterocycles. The molecule has 0 aromatic heterocycles. The molecule has 0 aromatic rings.